The summed E-state index contributed by atoms with van der Waals surface area (Å²) in [5, 5.41) is 3.36. The number of allylic oxidation sites excluding steroid dienone is 1. The predicted octanol–water partition coefficient (Wildman–Crippen LogP) is 3.01. The molecule has 0 saturated heterocycles. The van der Waals surface area contributed by atoms with E-state index in [1.165, 1.54) is 32.1 Å². The Morgan fingerprint density at radius 2 is 2.00 bits per heavy atom. The minimum absolute atomic E-state index is 0.0265. The van der Waals surface area contributed by atoms with Crippen molar-refractivity contribution in [1.29, 1.82) is 0 Å². The monoisotopic (exact) mass is 239 g/mol. The van der Waals surface area contributed by atoms with E-state index in [2.05, 4.69) is 5.32 Å². The van der Waals surface area contributed by atoms with Crippen LogP contribution >= 0.6 is 0 Å². The van der Waals surface area contributed by atoms with Crippen LogP contribution in [0.1, 0.15) is 52.9 Å². The van der Waals surface area contributed by atoms with Crippen LogP contribution in [-0.4, -0.2) is 18.4 Å². The first-order valence-electron chi connectivity index (χ1n) is 6.78. The van der Waals surface area contributed by atoms with Gasteiger partial charge in [-0.05, 0) is 19.8 Å². The van der Waals surface area contributed by atoms with Gasteiger partial charge in [0, 0.05) is 18.0 Å². The number of hydrogen-bond donors (Lipinski definition) is 1. The van der Waals surface area contributed by atoms with Crippen molar-refractivity contribution >= 4 is 5.78 Å². The summed E-state index contributed by atoms with van der Waals surface area (Å²) >= 11 is 0. The molecular formula is C14H25NO2. The summed E-state index contributed by atoms with van der Waals surface area (Å²) in [5.41, 5.74) is 0. The van der Waals surface area contributed by atoms with Crippen LogP contribution in [0.5, 0.6) is 0 Å². The van der Waals surface area contributed by atoms with Crippen LogP contribution in [0.4, 0.5) is 0 Å². The number of ether oxygens (including phenoxy) is 1. The van der Waals surface area contributed by atoms with Crippen molar-refractivity contribution in [2.75, 3.05) is 6.61 Å². The van der Waals surface area contributed by atoms with E-state index >= 15 is 0 Å². The number of carbonyl (C=O) groups is 1. The SMILES string of the molecule is CCO/C(=C/C(=O)C(C)C)NC1CCCCC1. The summed E-state index contributed by atoms with van der Waals surface area (Å²) in [6.07, 6.45) is 7.85. The fraction of sp³-hybridized carbons (Fsp3) is 0.786. The van der Waals surface area contributed by atoms with E-state index in [1.807, 2.05) is 20.8 Å². The van der Waals surface area contributed by atoms with Gasteiger partial charge >= 0.3 is 0 Å². The molecule has 0 unspecified atom stereocenters. The van der Waals surface area contributed by atoms with Gasteiger partial charge in [0.05, 0.1) is 6.61 Å². The molecule has 0 aromatic carbocycles. The molecule has 1 saturated carbocycles. The predicted molar refractivity (Wildman–Crippen MR) is 69.6 cm³/mol. The van der Waals surface area contributed by atoms with Gasteiger partial charge in [0.2, 0.25) is 0 Å². The van der Waals surface area contributed by atoms with Crippen molar-refractivity contribution < 1.29 is 9.53 Å². The van der Waals surface area contributed by atoms with Crippen molar-refractivity contribution in [3.05, 3.63) is 12.0 Å². The molecule has 0 aromatic heterocycles. The van der Waals surface area contributed by atoms with E-state index in [1.54, 1.807) is 6.08 Å². The highest BCUT2D eigenvalue weighted by molar-refractivity contribution is 5.91. The van der Waals surface area contributed by atoms with Crippen LogP contribution < -0.4 is 5.32 Å². The lowest BCUT2D eigenvalue weighted by molar-refractivity contribution is -0.117. The molecule has 1 N–H and O–H groups in total. The van der Waals surface area contributed by atoms with Gasteiger partial charge in [0.25, 0.3) is 0 Å². The third-order valence-corrected chi connectivity index (χ3v) is 3.09. The lowest BCUT2D eigenvalue weighted by Crippen LogP contribution is -2.32. The molecule has 98 valence electrons. The second kappa shape index (κ2) is 7.36. The molecule has 1 aliphatic carbocycles. The highest BCUT2D eigenvalue weighted by Crippen LogP contribution is 2.18. The highest BCUT2D eigenvalue weighted by atomic mass is 16.5. The van der Waals surface area contributed by atoms with Gasteiger partial charge in [0.15, 0.2) is 11.7 Å². The maximum Gasteiger partial charge on any atom is 0.190 e. The normalized spacial score (nSPS) is 18.2. The minimum Gasteiger partial charge on any atom is -0.479 e. The van der Waals surface area contributed by atoms with Crippen LogP contribution in [0, 0.1) is 5.92 Å². The van der Waals surface area contributed by atoms with Crippen LogP contribution in [0.15, 0.2) is 12.0 Å². The summed E-state index contributed by atoms with van der Waals surface area (Å²) in [4.78, 5) is 11.7. The maximum absolute atomic E-state index is 11.7. The quantitative estimate of drug-likeness (QED) is 0.572. The molecule has 3 heteroatoms. The van der Waals surface area contributed by atoms with E-state index in [4.69, 9.17) is 4.74 Å². The zero-order valence-electron chi connectivity index (χ0n) is 11.3. The van der Waals surface area contributed by atoms with Gasteiger partial charge in [0.1, 0.15) is 0 Å². The molecule has 0 aromatic rings. The summed E-state index contributed by atoms with van der Waals surface area (Å²) in [5.74, 6) is 0.800. The second-order valence-corrected chi connectivity index (χ2v) is 4.98. The molecule has 0 aliphatic heterocycles. The molecule has 0 amide bonds. The number of rotatable bonds is 6. The van der Waals surface area contributed by atoms with E-state index < -0.39 is 0 Å². The fourth-order valence-corrected chi connectivity index (χ4v) is 2.02. The Hall–Kier alpha value is -0.990. The third kappa shape index (κ3) is 5.24. The molecule has 1 aliphatic rings. The number of hydrogen-bond acceptors (Lipinski definition) is 3. The van der Waals surface area contributed by atoms with Crippen LogP contribution in [0.25, 0.3) is 0 Å². The Balaban J connectivity index is 2.54. The number of nitrogens with one attached hydrogen (secondary N) is 1. The van der Waals surface area contributed by atoms with Crippen LogP contribution in [0.3, 0.4) is 0 Å². The first-order chi connectivity index (χ1) is 8.13. The third-order valence-electron chi connectivity index (χ3n) is 3.09. The van der Waals surface area contributed by atoms with E-state index in [9.17, 15) is 4.79 Å². The van der Waals surface area contributed by atoms with Crippen molar-refractivity contribution in [3.8, 4) is 0 Å². The molecule has 1 rings (SSSR count). The smallest absolute Gasteiger partial charge is 0.190 e. The van der Waals surface area contributed by atoms with Gasteiger partial charge in [-0.25, -0.2) is 0 Å². The lowest BCUT2D eigenvalue weighted by Gasteiger charge is -2.25. The average molecular weight is 239 g/mol. The second-order valence-electron chi connectivity index (χ2n) is 4.98. The molecule has 3 nitrogen and oxygen atoms in total. The molecule has 0 bridgehead atoms. The number of ketones is 1. The highest BCUT2D eigenvalue weighted by Gasteiger charge is 2.15. The van der Waals surface area contributed by atoms with Crippen molar-refractivity contribution in [2.45, 2.75) is 58.9 Å². The van der Waals surface area contributed by atoms with Gasteiger partial charge in [-0.2, -0.15) is 0 Å². The molecule has 17 heavy (non-hydrogen) atoms. The molecule has 0 heterocycles. The van der Waals surface area contributed by atoms with Crippen LogP contribution in [-0.2, 0) is 9.53 Å². The van der Waals surface area contributed by atoms with Crippen LogP contribution in [0.2, 0.25) is 0 Å². The number of carbonyl (C=O) groups excluding carboxylic acids is 1. The fourth-order valence-electron chi connectivity index (χ4n) is 2.02. The van der Waals surface area contributed by atoms with Gasteiger partial charge in [-0.3, -0.25) is 4.79 Å². The molecule has 0 atom stereocenters. The van der Waals surface area contributed by atoms with E-state index in [0.717, 1.165) is 0 Å². The summed E-state index contributed by atoms with van der Waals surface area (Å²) in [6, 6.07) is 0.474. The summed E-state index contributed by atoms with van der Waals surface area (Å²) in [6.45, 7) is 6.35. The first kappa shape index (κ1) is 14.1. The molecular weight excluding hydrogens is 214 g/mol. The lowest BCUT2D eigenvalue weighted by atomic mass is 9.95. The maximum atomic E-state index is 11.7. The largest absolute Gasteiger partial charge is 0.479 e. The van der Waals surface area contributed by atoms with E-state index in [-0.39, 0.29) is 11.7 Å². The van der Waals surface area contributed by atoms with Crippen molar-refractivity contribution in [2.24, 2.45) is 5.92 Å². The summed E-state index contributed by atoms with van der Waals surface area (Å²) in [7, 11) is 0. The zero-order chi connectivity index (χ0) is 12.7. The van der Waals surface area contributed by atoms with E-state index in [0.29, 0.717) is 18.5 Å². The first-order valence-corrected chi connectivity index (χ1v) is 6.78. The van der Waals surface area contributed by atoms with Gasteiger partial charge in [-0.15, -0.1) is 0 Å². The van der Waals surface area contributed by atoms with Crippen molar-refractivity contribution in [3.63, 3.8) is 0 Å². The van der Waals surface area contributed by atoms with Gasteiger partial charge in [-0.1, -0.05) is 33.1 Å². The topological polar surface area (TPSA) is 38.3 Å². The minimum atomic E-state index is 0.0265. The Labute approximate surface area is 105 Å². The Morgan fingerprint density at radius 1 is 1.35 bits per heavy atom. The standard InChI is InChI=1S/C14H25NO2/c1-4-17-14(10-13(16)11(2)3)15-12-8-6-5-7-9-12/h10-12,15H,4-9H2,1-3H3/b14-10+. The average Bonchev–Trinajstić information content (AvgIpc) is 2.30. The zero-order valence-corrected chi connectivity index (χ0v) is 11.3. The van der Waals surface area contributed by atoms with Gasteiger partial charge < -0.3 is 10.1 Å². The molecule has 0 spiro atoms. The Kier molecular flexibility index (Phi) is 6.09. The summed E-state index contributed by atoms with van der Waals surface area (Å²) < 4.78 is 5.49. The Bertz CT molecular complexity index is 265. The van der Waals surface area contributed by atoms with Crippen molar-refractivity contribution in [1.82, 2.24) is 5.32 Å². The Morgan fingerprint density at radius 3 is 2.53 bits per heavy atom. The molecule has 0 radical (unpaired) electrons. The molecule has 1 fully saturated rings.